The maximum absolute atomic E-state index is 5.77. The van der Waals surface area contributed by atoms with Gasteiger partial charge in [-0.05, 0) is 56.0 Å². The van der Waals surface area contributed by atoms with Gasteiger partial charge in [0.2, 0.25) is 0 Å². The molecule has 0 radical (unpaired) electrons. The van der Waals surface area contributed by atoms with E-state index in [1.54, 1.807) is 6.26 Å². The number of hydrogen-bond donors (Lipinski definition) is 2. The molecule has 2 heterocycles. The van der Waals surface area contributed by atoms with E-state index in [0.29, 0.717) is 11.8 Å². The van der Waals surface area contributed by atoms with Gasteiger partial charge in [-0.15, -0.1) is 0 Å². The average Bonchev–Trinajstić information content (AvgIpc) is 2.94. The Bertz CT molecular complexity index is 773. The smallest absolute Gasteiger partial charge is 0.299 e. The van der Waals surface area contributed by atoms with E-state index < -0.39 is 0 Å². The second-order valence-corrected chi connectivity index (χ2v) is 5.56. The van der Waals surface area contributed by atoms with Crippen LogP contribution in [0.4, 0.5) is 17.5 Å². The Labute approximate surface area is 135 Å². The number of anilines is 3. The largest absolute Gasteiger partial charge is 0.432 e. The molecule has 23 heavy (non-hydrogen) atoms. The van der Waals surface area contributed by atoms with Crippen molar-refractivity contribution in [3.05, 3.63) is 65.2 Å². The molecule has 0 amide bonds. The molecule has 1 aromatic carbocycles. The highest BCUT2D eigenvalue weighted by Crippen LogP contribution is 2.19. The van der Waals surface area contributed by atoms with Crippen molar-refractivity contribution >= 4 is 17.5 Å². The molecule has 0 aliphatic heterocycles. The van der Waals surface area contributed by atoms with Gasteiger partial charge in [0.25, 0.3) is 6.01 Å². The van der Waals surface area contributed by atoms with Crippen LogP contribution in [-0.4, -0.2) is 9.97 Å². The number of nitrogens with zero attached hydrogens (tertiary/aromatic N) is 2. The molecule has 3 N–H and O–H groups in total. The van der Waals surface area contributed by atoms with Crippen molar-refractivity contribution in [2.24, 2.45) is 0 Å². The van der Waals surface area contributed by atoms with E-state index in [9.17, 15) is 0 Å². The average molecular weight is 308 g/mol. The van der Waals surface area contributed by atoms with Gasteiger partial charge in [0.15, 0.2) is 0 Å². The summed E-state index contributed by atoms with van der Waals surface area (Å²) in [5.74, 6) is 0.569. The molecule has 0 unspecified atom stereocenters. The van der Waals surface area contributed by atoms with Gasteiger partial charge in [-0.3, -0.25) is 0 Å². The van der Waals surface area contributed by atoms with Gasteiger partial charge in [-0.1, -0.05) is 18.2 Å². The van der Waals surface area contributed by atoms with Crippen molar-refractivity contribution < 1.29 is 4.42 Å². The molecule has 0 saturated carbocycles. The SMILES string of the molecule is Cc1cc(N)nc(C)c1CCc1coc(Nc2ccccc2)n1. The third-order valence-electron chi connectivity index (χ3n) is 3.78. The fraction of sp³-hybridized carbons (Fsp3) is 0.222. The van der Waals surface area contributed by atoms with Gasteiger partial charge >= 0.3 is 0 Å². The maximum Gasteiger partial charge on any atom is 0.299 e. The molecular weight excluding hydrogens is 288 g/mol. The third kappa shape index (κ3) is 3.69. The number of pyridine rings is 1. The summed E-state index contributed by atoms with van der Waals surface area (Å²) in [6.07, 6.45) is 3.36. The monoisotopic (exact) mass is 308 g/mol. The molecule has 0 aliphatic rings. The minimum atomic E-state index is 0.509. The summed E-state index contributed by atoms with van der Waals surface area (Å²) in [6.45, 7) is 4.05. The van der Waals surface area contributed by atoms with Gasteiger partial charge < -0.3 is 15.5 Å². The molecule has 0 bridgehead atoms. The summed E-state index contributed by atoms with van der Waals surface area (Å²) in [5.41, 5.74) is 11.0. The van der Waals surface area contributed by atoms with E-state index in [1.165, 1.54) is 11.1 Å². The summed E-state index contributed by atoms with van der Waals surface area (Å²) in [6, 6.07) is 12.3. The Kier molecular flexibility index (Phi) is 4.28. The molecule has 0 atom stereocenters. The van der Waals surface area contributed by atoms with Crippen LogP contribution in [0.2, 0.25) is 0 Å². The molecule has 2 aromatic heterocycles. The van der Waals surface area contributed by atoms with E-state index in [1.807, 2.05) is 43.3 Å². The van der Waals surface area contributed by atoms with Crippen LogP contribution in [0.3, 0.4) is 0 Å². The van der Waals surface area contributed by atoms with Crippen LogP contribution in [0.1, 0.15) is 22.5 Å². The molecule has 0 fully saturated rings. The van der Waals surface area contributed by atoms with Gasteiger partial charge in [0.05, 0.1) is 5.69 Å². The molecule has 0 spiro atoms. The highest BCUT2D eigenvalue weighted by Gasteiger charge is 2.09. The number of nitrogens with one attached hydrogen (secondary N) is 1. The molecule has 3 aromatic rings. The van der Waals surface area contributed by atoms with Crippen molar-refractivity contribution in [3.8, 4) is 0 Å². The number of hydrogen-bond acceptors (Lipinski definition) is 5. The minimum Gasteiger partial charge on any atom is -0.432 e. The van der Waals surface area contributed by atoms with Crippen LogP contribution < -0.4 is 11.1 Å². The van der Waals surface area contributed by atoms with E-state index in [-0.39, 0.29) is 0 Å². The van der Waals surface area contributed by atoms with Crippen LogP contribution in [0.5, 0.6) is 0 Å². The number of benzene rings is 1. The predicted octanol–water partition coefficient (Wildman–Crippen LogP) is 3.80. The van der Waals surface area contributed by atoms with Crippen LogP contribution in [0.25, 0.3) is 0 Å². The number of nitrogens with two attached hydrogens (primary N) is 1. The molecule has 0 saturated heterocycles. The van der Waals surface area contributed by atoms with Crippen molar-refractivity contribution in [2.45, 2.75) is 26.7 Å². The summed E-state index contributed by atoms with van der Waals surface area (Å²) in [7, 11) is 0. The first-order valence-electron chi connectivity index (χ1n) is 7.61. The molecular formula is C18H20N4O. The molecule has 5 heteroatoms. The Morgan fingerprint density at radius 1 is 1.09 bits per heavy atom. The Morgan fingerprint density at radius 3 is 2.61 bits per heavy atom. The lowest BCUT2D eigenvalue weighted by molar-refractivity contribution is 0.575. The van der Waals surface area contributed by atoms with E-state index in [2.05, 4.69) is 22.2 Å². The maximum atomic E-state index is 5.77. The van der Waals surface area contributed by atoms with Crippen LogP contribution in [0.15, 0.2) is 47.1 Å². The lowest BCUT2D eigenvalue weighted by Gasteiger charge is -2.09. The topological polar surface area (TPSA) is 77.0 Å². The number of para-hydroxylation sites is 1. The fourth-order valence-electron chi connectivity index (χ4n) is 2.64. The van der Waals surface area contributed by atoms with Crippen LogP contribution in [0, 0.1) is 13.8 Å². The molecule has 0 aliphatic carbocycles. The van der Waals surface area contributed by atoms with Crippen LogP contribution >= 0.6 is 0 Å². The summed E-state index contributed by atoms with van der Waals surface area (Å²) in [5, 5.41) is 3.15. The van der Waals surface area contributed by atoms with E-state index in [4.69, 9.17) is 10.2 Å². The summed E-state index contributed by atoms with van der Waals surface area (Å²) < 4.78 is 5.48. The lowest BCUT2D eigenvalue weighted by atomic mass is 10.0. The lowest BCUT2D eigenvalue weighted by Crippen LogP contribution is -2.03. The highest BCUT2D eigenvalue weighted by molar-refractivity contribution is 5.51. The molecule has 3 rings (SSSR count). The third-order valence-corrected chi connectivity index (χ3v) is 3.78. The number of oxazole rings is 1. The second kappa shape index (κ2) is 6.52. The standard InChI is InChI=1S/C18H20N4O/c1-12-10-17(19)20-13(2)16(12)9-8-15-11-23-18(22-15)21-14-6-4-3-5-7-14/h3-7,10-11H,8-9H2,1-2H3,(H2,19,20)(H,21,22). The predicted molar refractivity (Wildman–Crippen MR) is 91.8 cm³/mol. The van der Waals surface area contributed by atoms with Crippen LogP contribution in [-0.2, 0) is 12.8 Å². The van der Waals surface area contributed by atoms with Crippen molar-refractivity contribution in [1.29, 1.82) is 0 Å². The fourth-order valence-corrected chi connectivity index (χ4v) is 2.64. The van der Waals surface area contributed by atoms with Gasteiger partial charge in [0.1, 0.15) is 12.1 Å². The van der Waals surface area contributed by atoms with Crippen molar-refractivity contribution in [1.82, 2.24) is 9.97 Å². The Morgan fingerprint density at radius 2 is 1.87 bits per heavy atom. The van der Waals surface area contributed by atoms with Crippen molar-refractivity contribution in [2.75, 3.05) is 11.1 Å². The zero-order chi connectivity index (χ0) is 16.2. The number of aromatic nitrogens is 2. The number of rotatable bonds is 5. The highest BCUT2D eigenvalue weighted by atomic mass is 16.4. The summed E-state index contributed by atoms with van der Waals surface area (Å²) >= 11 is 0. The quantitative estimate of drug-likeness (QED) is 0.749. The zero-order valence-corrected chi connectivity index (χ0v) is 13.3. The van der Waals surface area contributed by atoms with Gasteiger partial charge in [-0.2, -0.15) is 4.98 Å². The van der Waals surface area contributed by atoms with Crippen molar-refractivity contribution in [3.63, 3.8) is 0 Å². The minimum absolute atomic E-state index is 0.509. The normalized spacial score (nSPS) is 10.7. The van der Waals surface area contributed by atoms with Gasteiger partial charge in [-0.25, -0.2) is 4.98 Å². The first-order valence-corrected chi connectivity index (χ1v) is 7.61. The van der Waals surface area contributed by atoms with E-state index >= 15 is 0 Å². The first-order chi connectivity index (χ1) is 11.1. The second-order valence-electron chi connectivity index (χ2n) is 5.56. The molecule has 5 nitrogen and oxygen atoms in total. The number of nitrogen functional groups attached to an aromatic ring is 1. The first kappa shape index (κ1) is 15.1. The Hall–Kier alpha value is -2.82. The number of aryl methyl sites for hydroxylation is 3. The van der Waals surface area contributed by atoms with E-state index in [0.717, 1.165) is 29.9 Å². The molecule has 118 valence electrons. The Balaban J connectivity index is 1.66. The zero-order valence-electron chi connectivity index (χ0n) is 13.3. The summed E-state index contributed by atoms with van der Waals surface area (Å²) in [4.78, 5) is 8.80. The van der Waals surface area contributed by atoms with Gasteiger partial charge in [0, 0.05) is 11.4 Å².